The number of nitrogens with one attached hydrogen (secondary N) is 3. The fourth-order valence-corrected chi connectivity index (χ4v) is 2.78. The molecule has 6 heteroatoms. The highest BCUT2D eigenvalue weighted by molar-refractivity contribution is 5.73. The Labute approximate surface area is 164 Å². The lowest BCUT2D eigenvalue weighted by Gasteiger charge is -2.13. The zero-order valence-corrected chi connectivity index (χ0v) is 16.1. The van der Waals surface area contributed by atoms with Crippen molar-refractivity contribution in [3.8, 4) is 0 Å². The summed E-state index contributed by atoms with van der Waals surface area (Å²) in [4.78, 5) is 11.6. The predicted molar refractivity (Wildman–Crippen MR) is 115 cm³/mol. The Balaban J connectivity index is 1.84. The molecule has 3 aromatic rings. The molecule has 0 saturated carbocycles. The van der Waals surface area contributed by atoms with E-state index in [2.05, 4.69) is 45.3 Å². The molecule has 3 rings (SSSR count). The van der Waals surface area contributed by atoms with Gasteiger partial charge < -0.3 is 15.6 Å². The Bertz CT molecular complexity index is 977. The minimum absolute atomic E-state index is 0.207. The third-order valence-electron chi connectivity index (χ3n) is 4.27. The Morgan fingerprint density at radius 1 is 1.25 bits per heavy atom. The first-order chi connectivity index (χ1) is 13.6. The van der Waals surface area contributed by atoms with E-state index in [1.165, 1.54) is 6.07 Å². The summed E-state index contributed by atoms with van der Waals surface area (Å²) in [6.07, 6.45) is 6.85. The van der Waals surface area contributed by atoms with E-state index in [9.17, 15) is 4.39 Å². The highest BCUT2D eigenvalue weighted by Gasteiger charge is 2.10. The van der Waals surface area contributed by atoms with E-state index in [4.69, 9.17) is 0 Å². The third-order valence-corrected chi connectivity index (χ3v) is 4.27. The van der Waals surface area contributed by atoms with Gasteiger partial charge in [-0.1, -0.05) is 19.1 Å². The molecule has 0 aliphatic rings. The SMILES string of the molecule is C=Nc1ccc(Nc2nc(NCc3ccc[nH]3)c(F)cc2C)cc1/C=C\CC. The molecule has 3 N–H and O–H groups in total. The standard InChI is InChI=1S/C22H24FN5/c1-4-5-7-16-13-17(9-10-20(16)24-3)27-21-15(2)12-19(23)22(28-21)26-14-18-8-6-11-25-18/h5-13,25H,3-4,14H2,1-2H3,(H2,26,27,28)/b7-5-. The van der Waals surface area contributed by atoms with Crippen LogP contribution in [0.2, 0.25) is 0 Å². The predicted octanol–water partition coefficient (Wildman–Crippen LogP) is 5.97. The van der Waals surface area contributed by atoms with E-state index in [1.807, 2.05) is 49.5 Å². The van der Waals surface area contributed by atoms with Crippen molar-refractivity contribution >= 4 is 35.8 Å². The number of allylic oxidation sites excluding steroid dienone is 1. The second kappa shape index (κ2) is 8.99. The fourth-order valence-electron chi connectivity index (χ4n) is 2.78. The van der Waals surface area contributed by atoms with Crippen molar-refractivity contribution in [2.24, 2.45) is 4.99 Å². The average Bonchev–Trinajstić information content (AvgIpc) is 3.21. The summed E-state index contributed by atoms with van der Waals surface area (Å²) < 4.78 is 14.3. The summed E-state index contributed by atoms with van der Waals surface area (Å²) in [6, 6.07) is 11.1. The smallest absolute Gasteiger partial charge is 0.165 e. The molecule has 0 aliphatic carbocycles. The molecule has 144 valence electrons. The number of rotatable bonds is 8. The highest BCUT2D eigenvalue weighted by atomic mass is 19.1. The number of pyridine rings is 1. The normalized spacial score (nSPS) is 11.0. The summed E-state index contributed by atoms with van der Waals surface area (Å²) in [5, 5.41) is 6.31. The van der Waals surface area contributed by atoms with Crippen LogP contribution in [0.1, 0.15) is 30.2 Å². The molecule has 0 fully saturated rings. The summed E-state index contributed by atoms with van der Waals surface area (Å²) >= 11 is 0. The van der Waals surface area contributed by atoms with E-state index < -0.39 is 0 Å². The molecule has 0 spiro atoms. The summed E-state index contributed by atoms with van der Waals surface area (Å²) in [6.45, 7) is 7.99. The number of aliphatic imine (C=N–C) groups is 1. The zero-order chi connectivity index (χ0) is 19.9. The van der Waals surface area contributed by atoms with Crippen molar-refractivity contribution in [2.75, 3.05) is 10.6 Å². The van der Waals surface area contributed by atoms with Gasteiger partial charge in [0.2, 0.25) is 0 Å². The van der Waals surface area contributed by atoms with Crippen molar-refractivity contribution < 1.29 is 4.39 Å². The second-order valence-electron chi connectivity index (χ2n) is 6.40. The van der Waals surface area contributed by atoms with Gasteiger partial charge in [-0.15, -0.1) is 0 Å². The Hall–Kier alpha value is -3.41. The van der Waals surface area contributed by atoms with Crippen LogP contribution in [0.3, 0.4) is 0 Å². The number of anilines is 3. The van der Waals surface area contributed by atoms with Crippen molar-refractivity contribution in [3.63, 3.8) is 0 Å². The van der Waals surface area contributed by atoms with Crippen molar-refractivity contribution in [3.05, 3.63) is 71.3 Å². The molecular formula is C22H24FN5. The van der Waals surface area contributed by atoms with Crippen LogP contribution in [-0.2, 0) is 6.54 Å². The number of aryl methyl sites for hydroxylation is 1. The molecule has 0 radical (unpaired) electrons. The maximum absolute atomic E-state index is 14.3. The van der Waals surface area contributed by atoms with Crippen LogP contribution in [0.4, 0.5) is 27.4 Å². The van der Waals surface area contributed by atoms with Gasteiger partial charge in [-0.25, -0.2) is 9.37 Å². The zero-order valence-electron chi connectivity index (χ0n) is 16.1. The number of nitrogens with zero attached hydrogens (tertiary/aromatic N) is 2. The van der Waals surface area contributed by atoms with Crippen LogP contribution in [0.15, 0.2) is 53.7 Å². The van der Waals surface area contributed by atoms with Crippen LogP contribution >= 0.6 is 0 Å². The molecule has 2 heterocycles. The average molecular weight is 377 g/mol. The van der Waals surface area contributed by atoms with Crippen LogP contribution in [0, 0.1) is 12.7 Å². The first-order valence-corrected chi connectivity index (χ1v) is 9.18. The summed E-state index contributed by atoms with van der Waals surface area (Å²) in [5.41, 5.74) is 4.30. The lowest BCUT2D eigenvalue weighted by molar-refractivity contribution is 0.623. The van der Waals surface area contributed by atoms with Gasteiger partial charge in [0, 0.05) is 23.1 Å². The van der Waals surface area contributed by atoms with E-state index in [-0.39, 0.29) is 11.6 Å². The van der Waals surface area contributed by atoms with Gasteiger partial charge in [0.15, 0.2) is 11.6 Å². The number of halogens is 1. The molecule has 0 aliphatic heterocycles. The number of benzene rings is 1. The number of aromatic amines is 1. The highest BCUT2D eigenvalue weighted by Crippen LogP contribution is 2.28. The lowest BCUT2D eigenvalue weighted by Crippen LogP contribution is -2.07. The fraction of sp³-hybridized carbons (Fsp3) is 0.182. The number of hydrogen-bond donors (Lipinski definition) is 3. The first kappa shape index (κ1) is 19.4. The molecule has 5 nitrogen and oxygen atoms in total. The lowest BCUT2D eigenvalue weighted by atomic mass is 10.1. The first-order valence-electron chi connectivity index (χ1n) is 9.18. The number of hydrogen-bond acceptors (Lipinski definition) is 4. The van der Waals surface area contributed by atoms with E-state index in [0.717, 1.165) is 34.6 Å². The van der Waals surface area contributed by atoms with Gasteiger partial charge in [-0.05, 0) is 62.0 Å². The van der Waals surface area contributed by atoms with Crippen molar-refractivity contribution in [1.82, 2.24) is 9.97 Å². The molecule has 28 heavy (non-hydrogen) atoms. The Kier molecular flexibility index (Phi) is 6.22. The van der Waals surface area contributed by atoms with Crippen molar-refractivity contribution in [1.29, 1.82) is 0 Å². The molecular weight excluding hydrogens is 353 g/mol. The van der Waals surface area contributed by atoms with Gasteiger partial charge in [0.1, 0.15) is 5.82 Å². The van der Waals surface area contributed by atoms with Gasteiger partial charge in [-0.2, -0.15) is 0 Å². The molecule has 0 bridgehead atoms. The van der Waals surface area contributed by atoms with Crippen LogP contribution in [0.25, 0.3) is 6.08 Å². The Morgan fingerprint density at radius 3 is 2.82 bits per heavy atom. The van der Waals surface area contributed by atoms with Gasteiger partial charge in [-0.3, -0.25) is 4.99 Å². The Morgan fingerprint density at radius 2 is 2.11 bits per heavy atom. The number of H-pyrrole nitrogens is 1. The molecule has 0 amide bonds. The molecule has 1 aromatic carbocycles. The van der Waals surface area contributed by atoms with Crippen molar-refractivity contribution in [2.45, 2.75) is 26.8 Å². The van der Waals surface area contributed by atoms with Gasteiger partial charge in [0.25, 0.3) is 0 Å². The molecule has 2 aromatic heterocycles. The van der Waals surface area contributed by atoms with Crippen LogP contribution in [-0.4, -0.2) is 16.7 Å². The maximum Gasteiger partial charge on any atom is 0.165 e. The largest absolute Gasteiger partial charge is 0.364 e. The summed E-state index contributed by atoms with van der Waals surface area (Å²) in [7, 11) is 0. The molecule has 0 saturated heterocycles. The maximum atomic E-state index is 14.3. The second-order valence-corrected chi connectivity index (χ2v) is 6.40. The minimum Gasteiger partial charge on any atom is -0.364 e. The van der Waals surface area contributed by atoms with E-state index in [0.29, 0.717) is 12.4 Å². The minimum atomic E-state index is -0.382. The monoisotopic (exact) mass is 377 g/mol. The quantitative estimate of drug-likeness (QED) is 0.424. The number of aromatic nitrogens is 2. The van der Waals surface area contributed by atoms with Gasteiger partial charge in [0.05, 0.1) is 12.2 Å². The third kappa shape index (κ3) is 4.65. The topological polar surface area (TPSA) is 65.1 Å². The molecule has 0 unspecified atom stereocenters. The van der Waals surface area contributed by atoms with E-state index in [1.54, 1.807) is 0 Å². The van der Waals surface area contributed by atoms with Gasteiger partial charge >= 0.3 is 0 Å². The molecule has 0 atom stereocenters. The van der Waals surface area contributed by atoms with Crippen LogP contribution in [0.5, 0.6) is 0 Å². The van der Waals surface area contributed by atoms with E-state index >= 15 is 0 Å². The van der Waals surface area contributed by atoms with Crippen LogP contribution < -0.4 is 10.6 Å². The summed E-state index contributed by atoms with van der Waals surface area (Å²) in [5.74, 6) is 0.422.